The minimum atomic E-state index is 0.388. The van der Waals surface area contributed by atoms with Gasteiger partial charge in [-0.3, -0.25) is 0 Å². The van der Waals surface area contributed by atoms with Crippen molar-refractivity contribution in [3.8, 4) is 5.82 Å². The standard InChI is InChI=1S/C7H8N6/c8-5-3-12-13(7(5)9)6-1-2-10-4-11-6/h1-4H,8-9H2. The molecule has 6 heteroatoms. The summed E-state index contributed by atoms with van der Waals surface area (Å²) in [6, 6.07) is 1.70. The molecule has 6 nitrogen and oxygen atoms in total. The molecule has 0 amide bonds. The minimum Gasteiger partial charge on any atom is -0.394 e. The number of hydrogen-bond donors (Lipinski definition) is 2. The van der Waals surface area contributed by atoms with E-state index in [4.69, 9.17) is 11.5 Å². The molecule has 0 fully saturated rings. The highest BCUT2D eigenvalue weighted by molar-refractivity contribution is 5.59. The van der Waals surface area contributed by atoms with Crippen molar-refractivity contribution in [3.05, 3.63) is 24.8 Å². The number of aromatic nitrogens is 4. The molecule has 0 saturated heterocycles. The van der Waals surface area contributed by atoms with Gasteiger partial charge in [0.15, 0.2) is 11.6 Å². The lowest BCUT2D eigenvalue weighted by Crippen LogP contribution is -2.04. The zero-order valence-corrected chi connectivity index (χ0v) is 6.75. The third kappa shape index (κ3) is 1.18. The molecule has 2 aromatic rings. The van der Waals surface area contributed by atoms with E-state index >= 15 is 0 Å². The van der Waals surface area contributed by atoms with E-state index in [0.717, 1.165) is 0 Å². The first-order chi connectivity index (χ1) is 6.29. The fraction of sp³-hybridized carbons (Fsp3) is 0. The van der Waals surface area contributed by atoms with Crippen LogP contribution >= 0.6 is 0 Å². The van der Waals surface area contributed by atoms with Crippen LogP contribution in [0.1, 0.15) is 0 Å². The van der Waals surface area contributed by atoms with E-state index in [9.17, 15) is 0 Å². The van der Waals surface area contributed by atoms with Crippen molar-refractivity contribution in [2.75, 3.05) is 11.5 Å². The summed E-state index contributed by atoms with van der Waals surface area (Å²) in [7, 11) is 0. The maximum atomic E-state index is 5.65. The maximum absolute atomic E-state index is 5.65. The van der Waals surface area contributed by atoms with Crippen LogP contribution in [0.25, 0.3) is 5.82 Å². The van der Waals surface area contributed by atoms with Crippen molar-refractivity contribution < 1.29 is 0 Å². The lowest BCUT2D eigenvalue weighted by molar-refractivity contribution is 0.849. The molecule has 2 rings (SSSR count). The molecule has 0 unspecified atom stereocenters. The van der Waals surface area contributed by atoms with Crippen LogP contribution in [-0.2, 0) is 0 Å². The van der Waals surface area contributed by atoms with Crippen molar-refractivity contribution in [1.82, 2.24) is 19.7 Å². The Balaban J connectivity index is 2.53. The van der Waals surface area contributed by atoms with Crippen LogP contribution in [-0.4, -0.2) is 19.7 Å². The summed E-state index contributed by atoms with van der Waals surface area (Å²) in [5.41, 5.74) is 11.6. The fourth-order valence-electron chi connectivity index (χ4n) is 0.962. The van der Waals surface area contributed by atoms with Gasteiger partial charge >= 0.3 is 0 Å². The lowest BCUT2D eigenvalue weighted by Gasteiger charge is -2.00. The van der Waals surface area contributed by atoms with Gasteiger partial charge in [-0.2, -0.15) is 9.78 Å². The van der Waals surface area contributed by atoms with Gasteiger partial charge in [0.05, 0.1) is 11.9 Å². The molecule has 0 saturated carbocycles. The van der Waals surface area contributed by atoms with Crippen LogP contribution in [0.5, 0.6) is 0 Å². The van der Waals surface area contributed by atoms with E-state index in [1.54, 1.807) is 12.3 Å². The van der Waals surface area contributed by atoms with Crippen LogP contribution in [0.3, 0.4) is 0 Å². The Bertz CT molecular complexity index is 406. The Morgan fingerprint density at radius 2 is 2.15 bits per heavy atom. The molecule has 0 aliphatic carbocycles. The van der Waals surface area contributed by atoms with Gasteiger partial charge in [0.25, 0.3) is 0 Å². The Hall–Kier alpha value is -2.11. The molecule has 13 heavy (non-hydrogen) atoms. The van der Waals surface area contributed by atoms with Crippen LogP contribution in [0.2, 0.25) is 0 Å². The van der Waals surface area contributed by atoms with Gasteiger partial charge in [0, 0.05) is 12.3 Å². The number of anilines is 2. The second-order valence-electron chi connectivity index (χ2n) is 2.46. The van der Waals surface area contributed by atoms with E-state index < -0.39 is 0 Å². The number of rotatable bonds is 1. The Morgan fingerprint density at radius 3 is 2.69 bits per heavy atom. The molecule has 0 aromatic carbocycles. The lowest BCUT2D eigenvalue weighted by atomic mass is 10.5. The van der Waals surface area contributed by atoms with Crippen molar-refractivity contribution in [1.29, 1.82) is 0 Å². The summed E-state index contributed by atoms with van der Waals surface area (Å²) in [6.07, 6.45) is 4.52. The van der Waals surface area contributed by atoms with Crippen LogP contribution in [0.15, 0.2) is 24.8 Å². The second kappa shape index (κ2) is 2.74. The van der Waals surface area contributed by atoms with Crippen LogP contribution in [0, 0.1) is 0 Å². The van der Waals surface area contributed by atoms with Crippen molar-refractivity contribution in [2.24, 2.45) is 0 Å². The summed E-state index contributed by atoms with van der Waals surface area (Å²) in [5.74, 6) is 0.989. The molecule has 66 valence electrons. The zero-order valence-electron chi connectivity index (χ0n) is 6.75. The summed E-state index contributed by atoms with van der Waals surface area (Å²) in [5, 5.41) is 3.96. The average molecular weight is 176 g/mol. The zero-order chi connectivity index (χ0) is 9.26. The van der Waals surface area contributed by atoms with Crippen molar-refractivity contribution >= 4 is 11.5 Å². The second-order valence-corrected chi connectivity index (χ2v) is 2.46. The van der Waals surface area contributed by atoms with E-state index in [2.05, 4.69) is 15.1 Å². The molecule has 0 aliphatic heterocycles. The Morgan fingerprint density at radius 1 is 1.31 bits per heavy atom. The summed E-state index contributed by atoms with van der Waals surface area (Å²) in [4.78, 5) is 7.76. The predicted molar refractivity (Wildman–Crippen MR) is 48.0 cm³/mol. The van der Waals surface area contributed by atoms with Gasteiger partial charge in [-0.15, -0.1) is 0 Å². The molecule has 0 bridgehead atoms. The normalized spacial score (nSPS) is 10.2. The van der Waals surface area contributed by atoms with Gasteiger partial charge in [0.2, 0.25) is 0 Å². The molecule has 0 atom stereocenters. The molecule has 0 aliphatic rings. The third-order valence-electron chi connectivity index (χ3n) is 1.62. The largest absolute Gasteiger partial charge is 0.394 e. The molecule has 0 radical (unpaired) electrons. The first-order valence-corrected chi connectivity index (χ1v) is 3.64. The van der Waals surface area contributed by atoms with Gasteiger partial charge in [0.1, 0.15) is 6.33 Å². The quantitative estimate of drug-likeness (QED) is 0.628. The van der Waals surface area contributed by atoms with Crippen LogP contribution < -0.4 is 11.5 Å². The first-order valence-electron chi connectivity index (χ1n) is 3.64. The van der Waals surface area contributed by atoms with E-state index in [0.29, 0.717) is 17.3 Å². The smallest absolute Gasteiger partial charge is 0.159 e. The molecule has 0 spiro atoms. The van der Waals surface area contributed by atoms with Crippen molar-refractivity contribution in [2.45, 2.75) is 0 Å². The molecular weight excluding hydrogens is 168 g/mol. The topological polar surface area (TPSA) is 95.6 Å². The van der Waals surface area contributed by atoms with Gasteiger partial charge < -0.3 is 11.5 Å². The summed E-state index contributed by atoms with van der Waals surface area (Å²) in [6.45, 7) is 0. The Labute approximate surface area is 74.2 Å². The molecule has 2 heterocycles. The average Bonchev–Trinajstić information content (AvgIpc) is 2.49. The number of nitrogen functional groups attached to an aromatic ring is 2. The molecule has 4 N–H and O–H groups in total. The SMILES string of the molecule is Nc1cnn(-c2ccncn2)c1N. The highest BCUT2D eigenvalue weighted by Crippen LogP contribution is 2.15. The van der Waals surface area contributed by atoms with E-state index in [-0.39, 0.29) is 0 Å². The summed E-state index contributed by atoms with van der Waals surface area (Å²) >= 11 is 0. The third-order valence-corrected chi connectivity index (χ3v) is 1.62. The molecule has 2 aromatic heterocycles. The number of nitrogens with two attached hydrogens (primary N) is 2. The van der Waals surface area contributed by atoms with Gasteiger partial charge in [-0.25, -0.2) is 9.97 Å². The summed E-state index contributed by atoms with van der Waals surface area (Å²) < 4.78 is 1.46. The number of nitrogens with zero attached hydrogens (tertiary/aromatic N) is 4. The highest BCUT2D eigenvalue weighted by Gasteiger charge is 2.05. The molecular formula is C7H8N6. The van der Waals surface area contributed by atoms with E-state index in [1.807, 2.05) is 0 Å². The fourth-order valence-corrected chi connectivity index (χ4v) is 0.962. The first kappa shape index (κ1) is 7.53. The Kier molecular flexibility index (Phi) is 1.59. The monoisotopic (exact) mass is 176 g/mol. The van der Waals surface area contributed by atoms with Gasteiger partial charge in [-0.05, 0) is 0 Å². The predicted octanol–water partition coefficient (Wildman–Crippen LogP) is -0.173. The van der Waals surface area contributed by atoms with E-state index in [1.165, 1.54) is 17.2 Å². The van der Waals surface area contributed by atoms with Gasteiger partial charge in [-0.1, -0.05) is 0 Å². The highest BCUT2D eigenvalue weighted by atomic mass is 15.3. The number of hydrogen-bond acceptors (Lipinski definition) is 5. The minimum absolute atomic E-state index is 0.388. The van der Waals surface area contributed by atoms with Crippen molar-refractivity contribution in [3.63, 3.8) is 0 Å². The van der Waals surface area contributed by atoms with Crippen LogP contribution in [0.4, 0.5) is 11.5 Å². The maximum Gasteiger partial charge on any atom is 0.159 e.